The van der Waals surface area contributed by atoms with E-state index in [9.17, 15) is 0 Å². The Morgan fingerprint density at radius 2 is 2.27 bits per heavy atom. The number of hydrogen-bond acceptors (Lipinski definition) is 6. The Bertz CT molecular complexity index is 448. The fraction of sp³-hybridized carbons (Fsp3) is 0.444. The molecule has 0 spiro atoms. The van der Waals surface area contributed by atoms with Gasteiger partial charge in [0, 0.05) is 17.8 Å². The van der Waals surface area contributed by atoms with Crippen molar-refractivity contribution in [3.05, 3.63) is 16.2 Å². The summed E-state index contributed by atoms with van der Waals surface area (Å²) in [4.78, 5) is 8.52. The number of aromatic nitrogens is 3. The van der Waals surface area contributed by atoms with E-state index in [1.807, 2.05) is 19.2 Å². The van der Waals surface area contributed by atoms with Gasteiger partial charge >= 0.3 is 0 Å². The first-order valence-electron chi connectivity index (χ1n) is 4.69. The standard InChI is InChI=1S/C9H12N4OS/c1-5(2)8-12-9(14-13-8)6-4-15-7(3-10)11-6/h4-5H,3,10H2,1-2H3. The van der Waals surface area contributed by atoms with Gasteiger partial charge in [0.1, 0.15) is 10.7 Å². The van der Waals surface area contributed by atoms with Crippen LogP contribution < -0.4 is 5.73 Å². The lowest BCUT2D eigenvalue weighted by atomic mass is 10.2. The van der Waals surface area contributed by atoms with Crippen LogP contribution in [0.1, 0.15) is 30.6 Å². The van der Waals surface area contributed by atoms with Gasteiger partial charge in [-0.05, 0) is 0 Å². The zero-order valence-electron chi connectivity index (χ0n) is 8.60. The first-order chi connectivity index (χ1) is 7.20. The number of nitrogens with two attached hydrogens (primary N) is 1. The van der Waals surface area contributed by atoms with E-state index in [0.29, 0.717) is 24.0 Å². The number of rotatable bonds is 3. The Morgan fingerprint density at radius 3 is 2.80 bits per heavy atom. The highest BCUT2D eigenvalue weighted by molar-refractivity contribution is 7.09. The van der Waals surface area contributed by atoms with Gasteiger partial charge in [-0.25, -0.2) is 4.98 Å². The Hall–Kier alpha value is -1.27. The fourth-order valence-electron chi connectivity index (χ4n) is 1.08. The minimum atomic E-state index is 0.259. The van der Waals surface area contributed by atoms with Crippen LogP contribution in [0.15, 0.2) is 9.90 Å². The number of nitrogens with zero attached hydrogens (tertiary/aromatic N) is 3. The molecule has 0 aliphatic rings. The third-order valence-corrected chi connectivity index (χ3v) is 2.77. The molecule has 2 N–H and O–H groups in total. The summed E-state index contributed by atoms with van der Waals surface area (Å²) < 4.78 is 5.11. The molecule has 0 radical (unpaired) electrons. The van der Waals surface area contributed by atoms with Crippen molar-refractivity contribution in [3.8, 4) is 11.6 Å². The molecule has 0 fully saturated rings. The first-order valence-corrected chi connectivity index (χ1v) is 5.57. The molecule has 0 unspecified atom stereocenters. The summed E-state index contributed by atoms with van der Waals surface area (Å²) in [6.45, 7) is 4.47. The molecule has 0 saturated heterocycles. The maximum absolute atomic E-state index is 5.48. The fourth-order valence-corrected chi connectivity index (χ4v) is 1.72. The predicted molar refractivity (Wildman–Crippen MR) is 57.4 cm³/mol. The highest BCUT2D eigenvalue weighted by Gasteiger charge is 2.13. The minimum absolute atomic E-state index is 0.259. The highest BCUT2D eigenvalue weighted by atomic mass is 32.1. The van der Waals surface area contributed by atoms with Crippen LogP contribution in [0.25, 0.3) is 11.6 Å². The van der Waals surface area contributed by atoms with Gasteiger partial charge in [-0.1, -0.05) is 19.0 Å². The molecule has 0 atom stereocenters. The monoisotopic (exact) mass is 224 g/mol. The maximum Gasteiger partial charge on any atom is 0.277 e. The average molecular weight is 224 g/mol. The van der Waals surface area contributed by atoms with Gasteiger partial charge in [0.2, 0.25) is 0 Å². The van der Waals surface area contributed by atoms with Crippen molar-refractivity contribution in [2.24, 2.45) is 5.73 Å². The summed E-state index contributed by atoms with van der Waals surface area (Å²) in [7, 11) is 0. The van der Waals surface area contributed by atoms with Crippen LogP contribution in [-0.4, -0.2) is 15.1 Å². The SMILES string of the molecule is CC(C)c1noc(-c2csc(CN)n2)n1. The van der Waals surface area contributed by atoms with E-state index in [1.54, 1.807) is 0 Å². The molecule has 0 bridgehead atoms. The Labute approximate surface area is 91.3 Å². The van der Waals surface area contributed by atoms with E-state index in [1.165, 1.54) is 11.3 Å². The smallest absolute Gasteiger partial charge is 0.277 e. The van der Waals surface area contributed by atoms with Crippen LogP contribution in [0, 0.1) is 0 Å². The molecule has 0 amide bonds. The van der Waals surface area contributed by atoms with Gasteiger partial charge in [0.05, 0.1) is 0 Å². The Balaban J connectivity index is 2.28. The van der Waals surface area contributed by atoms with Crippen LogP contribution in [0.5, 0.6) is 0 Å². The third kappa shape index (κ3) is 2.05. The lowest BCUT2D eigenvalue weighted by Gasteiger charge is -1.91. The molecule has 2 heterocycles. The maximum atomic E-state index is 5.48. The molecule has 2 aromatic rings. The molecular weight excluding hydrogens is 212 g/mol. The van der Waals surface area contributed by atoms with Crippen molar-refractivity contribution in [1.29, 1.82) is 0 Å². The van der Waals surface area contributed by atoms with Gasteiger partial charge in [-0.15, -0.1) is 11.3 Å². The van der Waals surface area contributed by atoms with Crippen molar-refractivity contribution >= 4 is 11.3 Å². The van der Waals surface area contributed by atoms with E-state index < -0.39 is 0 Å². The van der Waals surface area contributed by atoms with E-state index in [2.05, 4.69) is 15.1 Å². The molecule has 0 aliphatic carbocycles. The lowest BCUT2D eigenvalue weighted by molar-refractivity contribution is 0.418. The second-order valence-corrected chi connectivity index (χ2v) is 4.39. The highest BCUT2D eigenvalue weighted by Crippen LogP contribution is 2.21. The van der Waals surface area contributed by atoms with E-state index in [4.69, 9.17) is 10.3 Å². The molecule has 0 aromatic carbocycles. The Morgan fingerprint density at radius 1 is 1.47 bits per heavy atom. The molecule has 15 heavy (non-hydrogen) atoms. The minimum Gasteiger partial charge on any atom is -0.332 e. The quantitative estimate of drug-likeness (QED) is 0.859. The van der Waals surface area contributed by atoms with E-state index in [0.717, 1.165) is 5.01 Å². The molecule has 6 heteroatoms. The normalized spacial score (nSPS) is 11.2. The Kier molecular flexibility index (Phi) is 2.79. The van der Waals surface area contributed by atoms with Gasteiger partial charge in [0.15, 0.2) is 5.82 Å². The van der Waals surface area contributed by atoms with Crippen LogP contribution in [0.3, 0.4) is 0 Å². The molecule has 2 rings (SSSR count). The number of hydrogen-bond donors (Lipinski definition) is 1. The van der Waals surface area contributed by atoms with E-state index in [-0.39, 0.29) is 5.92 Å². The van der Waals surface area contributed by atoms with Crippen LogP contribution in [-0.2, 0) is 6.54 Å². The first kappa shape index (κ1) is 10.3. The largest absolute Gasteiger partial charge is 0.332 e. The third-order valence-electron chi connectivity index (χ3n) is 1.90. The zero-order valence-corrected chi connectivity index (χ0v) is 9.41. The van der Waals surface area contributed by atoms with Gasteiger partial charge in [-0.2, -0.15) is 4.98 Å². The van der Waals surface area contributed by atoms with E-state index >= 15 is 0 Å². The molecular formula is C9H12N4OS. The second kappa shape index (κ2) is 4.08. The zero-order chi connectivity index (χ0) is 10.8. The van der Waals surface area contributed by atoms with Crippen molar-refractivity contribution in [3.63, 3.8) is 0 Å². The van der Waals surface area contributed by atoms with Crippen LogP contribution in [0.4, 0.5) is 0 Å². The summed E-state index contributed by atoms with van der Waals surface area (Å²) in [6, 6.07) is 0. The summed E-state index contributed by atoms with van der Waals surface area (Å²) in [5, 5.41) is 6.62. The molecule has 2 aromatic heterocycles. The second-order valence-electron chi connectivity index (χ2n) is 3.44. The summed E-state index contributed by atoms with van der Waals surface area (Å²) in [5.74, 6) is 1.43. The van der Waals surface area contributed by atoms with Crippen molar-refractivity contribution in [1.82, 2.24) is 15.1 Å². The molecule has 80 valence electrons. The topological polar surface area (TPSA) is 77.8 Å². The van der Waals surface area contributed by atoms with Crippen molar-refractivity contribution in [2.75, 3.05) is 0 Å². The van der Waals surface area contributed by atoms with Crippen LogP contribution >= 0.6 is 11.3 Å². The van der Waals surface area contributed by atoms with Gasteiger partial charge < -0.3 is 10.3 Å². The summed E-state index contributed by atoms with van der Waals surface area (Å²) in [5.41, 5.74) is 6.18. The molecule has 0 aliphatic heterocycles. The lowest BCUT2D eigenvalue weighted by Crippen LogP contribution is -1.94. The van der Waals surface area contributed by atoms with Crippen molar-refractivity contribution < 1.29 is 4.52 Å². The molecule has 0 saturated carbocycles. The summed E-state index contributed by atoms with van der Waals surface area (Å²) >= 11 is 1.50. The summed E-state index contributed by atoms with van der Waals surface area (Å²) in [6.07, 6.45) is 0. The molecule has 5 nitrogen and oxygen atoms in total. The van der Waals surface area contributed by atoms with Crippen molar-refractivity contribution in [2.45, 2.75) is 26.3 Å². The number of thiazole rings is 1. The van der Waals surface area contributed by atoms with Crippen LogP contribution in [0.2, 0.25) is 0 Å². The average Bonchev–Trinajstić information content (AvgIpc) is 2.86. The van der Waals surface area contributed by atoms with Gasteiger partial charge in [-0.3, -0.25) is 0 Å². The predicted octanol–water partition coefficient (Wildman–Crippen LogP) is 1.78. The van der Waals surface area contributed by atoms with Gasteiger partial charge in [0.25, 0.3) is 5.89 Å².